The van der Waals surface area contributed by atoms with Crippen LogP contribution in [0.2, 0.25) is 0 Å². The SMILES string of the molecule is Nc1ccc2c(c1)CCCC2NC(=O)N1CCCCC1. The Morgan fingerprint density at radius 3 is 2.80 bits per heavy atom. The van der Waals surface area contributed by atoms with Gasteiger partial charge in [0.1, 0.15) is 0 Å². The van der Waals surface area contributed by atoms with Gasteiger partial charge in [0.15, 0.2) is 0 Å². The van der Waals surface area contributed by atoms with Crippen molar-refractivity contribution in [2.24, 2.45) is 0 Å². The van der Waals surface area contributed by atoms with Gasteiger partial charge in [0.25, 0.3) is 0 Å². The summed E-state index contributed by atoms with van der Waals surface area (Å²) < 4.78 is 0. The lowest BCUT2D eigenvalue weighted by atomic mass is 9.87. The number of carbonyl (C=O) groups excluding carboxylic acids is 1. The average molecular weight is 273 g/mol. The summed E-state index contributed by atoms with van der Waals surface area (Å²) in [7, 11) is 0. The van der Waals surface area contributed by atoms with Gasteiger partial charge in [0.2, 0.25) is 0 Å². The van der Waals surface area contributed by atoms with E-state index in [0.717, 1.165) is 50.9 Å². The van der Waals surface area contributed by atoms with E-state index in [2.05, 4.69) is 17.4 Å². The number of rotatable bonds is 1. The topological polar surface area (TPSA) is 58.4 Å². The summed E-state index contributed by atoms with van der Waals surface area (Å²) >= 11 is 0. The summed E-state index contributed by atoms with van der Waals surface area (Å²) in [6.45, 7) is 1.79. The number of fused-ring (bicyclic) bond motifs is 1. The van der Waals surface area contributed by atoms with Crippen LogP contribution in [0.1, 0.15) is 49.3 Å². The Morgan fingerprint density at radius 1 is 1.20 bits per heavy atom. The molecule has 1 aliphatic carbocycles. The van der Waals surface area contributed by atoms with Crippen LogP contribution in [0.25, 0.3) is 0 Å². The van der Waals surface area contributed by atoms with Crippen LogP contribution in [-0.2, 0) is 6.42 Å². The molecule has 0 spiro atoms. The Labute approximate surface area is 120 Å². The van der Waals surface area contributed by atoms with E-state index in [1.165, 1.54) is 17.5 Å². The van der Waals surface area contributed by atoms with Crippen molar-refractivity contribution in [2.45, 2.75) is 44.6 Å². The van der Waals surface area contributed by atoms with Gasteiger partial charge in [0, 0.05) is 18.8 Å². The molecule has 2 amide bonds. The van der Waals surface area contributed by atoms with Gasteiger partial charge >= 0.3 is 6.03 Å². The molecule has 4 heteroatoms. The molecule has 4 nitrogen and oxygen atoms in total. The zero-order chi connectivity index (χ0) is 13.9. The standard InChI is InChI=1S/C16H23N3O/c17-13-7-8-14-12(11-13)5-4-6-15(14)18-16(20)19-9-2-1-3-10-19/h7-8,11,15H,1-6,9-10,17H2,(H,18,20). The van der Waals surface area contributed by atoms with Crippen molar-refractivity contribution in [1.29, 1.82) is 0 Å². The number of nitrogens with zero attached hydrogens (tertiary/aromatic N) is 1. The number of nitrogens with two attached hydrogens (primary N) is 1. The molecule has 0 bridgehead atoms. The molecule has 3 rings (SSSR count). The highest BCUT2D eigenvalue weighted by Gasteiger charge is 2.24. The van der Waals surface area contributed by atoms with Crippen molar-refractivity contribution in [1.82, 2.24) is 10.2 Å². The number of nitrogen functional groups attached to an aromatic ring is 1. The first-order chi connectivity index (χ1) is 9.74. The lowest BCUT2D eigenvalue weighted by molar-refractivity contribution is 0.181. The lowest BCUT2D eigenvalue weighted by Gasteiger charge is -2.32. The minimum absolute atomic E-state index is 0.0966. The fraction of sp³-hybridized carbons (Fsp3) is 0.562. The second-order valence-corrected chi connectivity index (χ2v) is 5.90. The number of hydrogen-bond acceptors (Lipinski definition) is 2. The van der Waals surface area contributed by atoms with Crippen LogP contribution in [0, 0.1) is 0 Å². The number of carbonyl (C=O) groups is 1. The van der Waals surface area contributed by atoms with E-state index in [9.17, 15) is 4.79 Å². The maximum absolute atomic E-state index is 12.3. The largest absolute Gasteiger partial charge is 0.399 e. The highest BCUT2D eigenvalue weighted by atomic mass is 16.2. The molecule has 1 unspecified atom stereocenters. The Morgan fingerprint density at radius 2 is 2.00 bits per heavy atom. The van der Waals surface area contributed by atoms with Crippen molar-refractivity contribution < 1.29 is 4.79 Å². The summed E-state index contributed by atoms with van der Waals surface area (Å²) in [5.74, 6) is 0. The normalized spacial score (nSPS) is 22.2. The number of aryl methyl sites for hydroxylation is 1. The van der Waals surface area contributed by atoms with Crippen molar-refractivity contribution in [3.8, 4) is 0 Å². The number of anilines is 1. The van der Waals surface area contributed by atoms with Gasteiger partial charge in [-0.3, -0.25) is 0 Å². The summed E-state index contributed by atoms with van der Waals surface area (Å²) in [5, 5.41) is 3.21. The van der Waals surface area contributed by atoms with Gasteiger partial charge in [0.05, 0.1) is 6.04 Å². The van der Waals surface area contributed by atoms with E-state index >= 15 is 0 Å². The van der Waals surface area contributed by atoms with E-state index in [1.807, 2.05) is 11.0 Å². The third-order valence-electron chi connectivity index (χ3n) is 4.42. The smallest absolute Gasteiger partial charge is 0.317 e. The number of benzene rings is 1. The Bertz CT molecular complexity index is 494. The molecule has 0 radical (unpaired) electrons. The molecule has 1 aromatic rings. The summed E-state index contributed by atoms with van der Waals surface area (Å²) in [5.41, 5.74) is 9.20. The molecule has 0 aromatic heterocycles. The maximum Gasteiger partial charge on any atom is 0.317 e. The molecule has 1 atom stereocenters. The second kappa shape index (κ2) is 5.73. The van der Waals surface area contributed by atoms with Crippen molar-refractivity contribution in [3.05, 3.63) is 29.3 Å². The maximum atomic E-state index is 12.3. The molecular formula is C16H23N3O. The van der Waals surface area contributed by atoms with Gasteiger partial charge in [-0.15, -0.1) is 0 Å². The molecule has 1 aromatic carbocycles. The molecule has 3 N–H and O–H groups in total. The van der Waals surface area contributed by atoms with Crippen LogP contribution in [0.3, 0.4) is 0 Å². The number of likely N-dealkylation sites (tertiary alicyclic amines) is 1. The minimum atomic E-state index is 0.0966. The van der Waals surface area contributed by atoms with E-state index in [1.54, 1.807) is 0 Å². The first-order valence-electron chi connectivity index (χ1n) is 7.68. The van der Waals surface area contributed by atoms with Gasteiger partial charge < -0.3 is 16.0 Å². The zero-order valence-corrected chi connectivity index (χ0v) is 11.9. The fourth-order valence-electron chi connectivity index (χ4n) is 3.32. The number of piperidine rings is 1. The summed E-state index contributed by atoms with van der Waals surface area (Å²) in [6.07, 6.45) is 6.71. The van der Waals surface area contributed by atoms with Gasteiger partial charge in [-0.2, -0.15) is 0 Å². The molecule has 1 saturated heterocycles. The molecule has 108 valence electrons. The van der Waals surface area contributed by atoms with Crippen LogP contribution in [0.4, 0.5) is 10.5 Å². The third-order valence-corrected chi connectivity index (χ3v) is 4.42. The molecule has 2 aliphatic rings. The number of urea groups is 1. The summed E-state index contributed by atoms with van der Waals surface area (Å²) in [4.78, 5) is 14.3. The highest BCUT2D eigenvalue weighted by molar-refractivity contribution is 5.75. The molecular weight excluding hydrogens is 250 g/mol. The van der Waals surface area contributed by atoms with Gasteiger partial charge in [-0.1, -0.05) is 6.07 Å². The van der Waals surface area contributed by atoms with Crippen molar-refractivity contribution >= 4 is 11.7 Å². The Hall–Kier alpha value is -1.71. The van der Waals surface area contributed by atoms with E-state index in [4.69, 9.17) is 5.73 Å². The summed E-state index contributed by atoms with van der Waals surface area (Å²) in [6, 6.07) is 6.30. The first kappa shape index (κ1) is 13.3. The lowest BCUT2D eigenvalue weighted by Crippen LogP contribution is -2.44. The Kier molecular flexibility index (Phi) is 3.81. The second-order valence-electron chi connectivity index (χ2n) is 5.90. The molecule has 1 aliphatic heterocycles. The van der Waals surface area contributed by atoms with E-state index in [0.29, 0.717) is 0 Å². The third kappa shape index (κ3) is 2.74. The number of hydrogen-bond donors (Lipinski definition) is 2. The average Bonchev–Trinajstić information content (AvgIpc) is 2.48. The number of nitrogens with one attached hydrogen (secondary N) is 1. The van der Waals surface area contributed by atoms with Gasteiger partial charge in [-0.05, 0) is 61.8 Å². The van der Waals surface area contributed by atoms with Crippen LogP contribution in [0.15, 0.2) is 18.2 Å². The van der Waals surface area contributed by atoms with Crippen LogP contribution < -0.4 is 11.1 Å². The monoisotopic (exact) mass is 273 g/mol. The van der Waals surface area contributed by atoms with Crippen molar-refractivity contribution in [2.75, 3.05) is 18.8 Å². The highest BCUT2D eigenvalue weighted by Crippen LogP contribution is 2.31. The number of amides is 2. The predicted octanol–water partition coefficient (Wildman–Crippen LogP) is 2.84. The van der Waals surface area contributed by atoms with Crippen LogP contribution >= 0.6 is 0 Å². The van der Waals surface area contributed by atoms with Crippen molar-refractivity contribution in [3.63, 3.8) is 0 Å². The van der Waals surface area contributed by atoms with E-state index in [-0.39, 0.29) is 12.1 Å². The predicted molar refractivity (Wildman–Crippen MR) is 80.5 cm³/mol. The first-order valence-corrected chi connectivity index (χ1v) is 7.68. The minimum Gasteiger partial charge on any atom is -0.399 e. The molecule has 0 saturated carbocycles. The van der Waals surface area contributed by atoms with Crippen LogP contribution in [-0.4, -0.2) is 24.0 Å². The molecule has 20 heavy (non-hydrogen) atoms. The fourth-order valence-corrected chi connectivity index (χ4v) is 3.32. The molecule has 1 fully saturated rings. The van der Waals surface area contributed by atoms with Crippen LogP contribution in [0.5, 0.6) is 0 Å². The van der Waals surface area contributed by atoms with Gasteiger partial charge in [-0.25, -0.2) is 4.79 Å². The molecule has 1 heterocycles. The Balaban J connectivity index is 1.71. The van der Waals surface area contributed by atoms with E-state index < -0.39 is 0 Å². The quantitative estimate of drug-likeness (QED) is 0.773. The zero-order valence-electron chi connectivity index (χ0n) is 11.9.